The Labute approximate surface area is 92.3 Å². The van der Waals surface area contributed by atoms with Gasteiger partial charge in [0.15, 0.2) is 0 Å². The highest BCUT2D eigenvalue weighted by molar-refractivity contribution is 5.09. The number of aryl methyl sites for hydroxylation is 1. The summed E-state index contributed by atoms with van der Waals surface area (Å²) in [5, 5.41) is 6.72. The highest BCUT2D eigenvalue weighted by atomic mass is 15.0. The summed E-state index contributed by atoms with van der Waals surface area (Å²) in [5.74, 6) is 0. The summed E-state index contributed by atoms with van der Waals surface area (Å²) in [6.07, 6.45) is 0. The lowest BCUT2D eigenvalue weighted by atomic mass is 10.3. The van der Waals surface area contributed by atoms with Gasteiger partial charge in [-0.3, -0.25) is 4.98 Å². The minimum atomic E-state index is 0.559. The van der Waals surface area contributed by atoms with Crippen LogP contribution in [-0.2, 0) is 6.54 Å². The standard InChI is InChI=1S/C12H21N3/c1-10(2)14-8-7-13-9-12-6-4-5-11(3)15-12/h4-6,10,13-14H,7-9H2,1-3H3. The second kappa shape index (κ2) is 6.53. The SMILES string of the molecule is Cc1cccc(CNCCNC(C)C)n1. The first-order valence-corrected chi connectivity index (χ1v) is 5.55. The monoisotopic (exact) mass is 207 g/mol. The molecule has 2 N–H and O–H groups in total. The molecule has 1 aromatic heterocycles. The molecule has 0 spiro atoms. The van der Waals surface area contributed by atoms with Crippen molar-refractivity contribution in [2.75, 3.05) is 13.1 Å². The van der Waals surface area contributed by atoms with Gasteiger partial charge in [-0.2, -0.15) is 0 Å². The van der Waals surface area contributed by atoms with Crippen LogP contribution in [0.2, 0.25) is 0 Å². The first-order valence-electron chi connectivity index (χ1n) is 5.55. The fourth-order valence-corrected chi connectivity index (χ4v) is 1.36. The summed E-state index contributed by atoms with van der Waals surface area (Å²) in [7, 11) is 0. The molecule has 0 aromatic carbocycles. The van der Waals surface area contributed by atoms with Gasteiger partial charge < -0.3 is 10.6 Å². The van der Waals surface area contributed by atoms with Crippen molar-refractivity contribution in [2.45, 2.75) is 33.4 Å². The molecule has 15 heavy (non-hydrogen) atoms. The molecule has 0 aliphatic rings. The number of hydrogen-bond acceptors (Lipinski definition) is 3. The largest absolute Gasteiger partial charge is 0.313 e. The van der Waals surface area contributed by atoms with Crippen molar-refractivity contribution in [3.05, 3.63) is 29.6 Å². The first kappa shape index (κ1) is 12.1. The predicted octanol–water partition coefficient (Wildman–Crippen LogP) is 1.48. The van der Waals surface area contributed by atoms with Gasteiger partial charge in [0.1, 0.15) is 0 Å². The maximum atomic E-state index is 4.42. The molecular formula is C12H21N3. The van der Waals surface area contributed by atoms with E-state index >= 15 is 0 Å². The van der Waals surface area contributed by atoms with Gasteiger partial charge in [-0.05, 0) is 19.1 Å². The molecule has 0 atom stereocenters. The number of rotatable bonds is 6. The average Bonchev–Trinajstić information content (AvgIpc) is 2.17. The minimum Gasteiger partial charge on any atom is -0.313 e. The molecule has 3 heteroatoms. The van der Waals surface area contributed by atoms with E-state index in [0.29, 0.717) is 6.04 Å². The third-order valence-corrected chi connectivity index (χ3v) is 2.11. The zero-order valence-electron chi connectivity index (χ0n) is 9.88. The van der Waals surface area contributed by atoms with Gasteiger partial charge in [0, 0.05) is 31.4 Å². The lowest BCUT2D eigenvalue weighted by Gasteiger charge is -2.08. The molecule has 0 saturated heterocycles. The Morgan fingerprint density at radius 2 is 2.07 bits per heavy atom. The molecular weight excluding hydrogens is 186 g/mol. The maximum absolute atomic E-state index is 4.42. The molecule has 1 aromatic rings. The van der Waals surface area contributed by atoms with E-state index < -0.39 is 0 Å². The van der Waals surface area contributed by atoms with E-state index in [0.717, 1.165) is 31.0 Å². The smallest absolute Gasteiger partial charge is 0.0544 e. The van der Waals surface area contributed by atoms with Gasteiger partial charge in [-0.1, -0.05) is 19.9 Å². The van der Waals surface area contributed by atoms with Crippen molar-refractivity contribution in [1.29, 1.82) is 0 Å². The molecule has 0 saturated carbocycles. The van der Waals surface area contributed by atoms with Crippen LogP contribution in [0.15, 0.2) is 18.2 Å². The molecule has 0 fully saturated rings. The molecule has 1 rings (SSSR count). The summed E-state index contributed by atoms with van der Waals surface area (Å²) in [4.78, 5) is 4.42. The Morgan fingerprint density at radius 1 is 1.27 bits per heavy atom. The van der Waals surface area contributed by atoms with E-state index in [1.54, 1.807) is 0 Å². The number of nitrogens with zero attached hydrogens (tertiary/aromatic N) is 1. The van der Waals surface area contributed by atoms with Crippen LogP contribution in [0.4, 0.5) is 0 Å². The lowest BCUT2D eigenvalue weighted by molar-refractivity contribution is 0.553. The van der Waals surface area contributed by atoms with E-state index in [9.17, 15) is 0 Å². The third-order valence-electron chi connectivity index (χ3n) is 2.11. The molecule has 0 aliphatic heterocycles. The van der Waals surface area contributed by atoms with E-state index in [2.05, 4.69) is 35.5 Å². The Bertz CT molecular complexity index is 284. The highest BCUT2D eigenvalue weighted by Gasteiger charge is 1.94. The van der Waals surface area contributed by atoms with Crippen LogP contribution >= 0.6 is 0 Å². The quantitative estimate of drug-likeness (QED) is 0.694. The maximum Gasteiger partial charge on any atom is 0.0544 e. The van der Waals surface area contributed by atoms with Crippen LogP contribution in [0.5, 0.6) is 0 Å². The predicted molar refractivity (Wildman–Crippen MR) is 63.8 cm³/mol. The number of pyridine rings is 1. The fourth-order valence-electron chi connectivity index (χ4n) is 1.36. The molecule has 0 amide bonds. The van der Waals surface area contributed by atoms with Crippen molar-refractivity contribution < 1.29 is 0 Å². The molecule has 0 radical (unpaired) electrons. The molecule has 0 unspecified atom stereocenters. The first-order chi connectivity index (χ1) is 7.18. The van der Waals surface area contributed by atoms with Crippen LogP contribution in [0, 0.1) is 6.92 Å². The van der Waals surface area contributed by atoms with Crippen LogP contribution < -0.4 is 10.6 Å². The van der Waals surface area contributed by atoms with Crippen molar-refractivity contribution >= 4 is 0 Å². The van der Waals surface area contributed by atoms with E-state index in [1.807, 2.05) is 19.1 Å². The summed E-state index contributed by atoms with van der Waals surface area (Å²) in [5.41, 5.74) is 2.19. The van der Waals surface area contributed by atoms with E-state index in [1.165, 1.54) is 0 Å². The topological polar surface area (TPSA) is 37.0 Å². The van der Waals surface area contributed by atoms with Gasteiger partial charge in [0.2, 0.25) is 0 Å². The van der Waals surface area contributed by atoms with Gasteiger partial charge in [-0.25, -0.2) is 0 Å². The fraction of sp³-hybridized carbons (Fsp3) is 0.583. The Morgan fingerprint density at radius 3 is 2.73 bits per heavy atom. The van der Waals surface area contributed by atoms with Gasteiger partial charge >= 0.3 is 0 Å². The molecule has 84 valence electrons. The highest BCUT2D eigenvalue weighted by Crippen LogP contribution is 1.96. The summed E-state index contributed by atoms with van der Waals surface area (Å²) < 4.78 is 0. The second-order valence-corrected chi connectivity index (χ2v) is 4.06. The summed E-state index contributed by atoms with van der Waals surface area (Å²) in [6.45, 7) is 9.16. The van der Waals surface area contributed by atoms with E-state index in [4.69, 9.17) is 0 Å². The summed E-state index contributed by atoms with van der Waals surface area (Å²) in [6, 6.07) is 6.68. The van der Waals surface area contributed by atoms with Crippen molar-refractivity contribution in [1.82, 2.24) is 15.6 Å². The van der Waals surface area contributed by atoms with Crippen LogP contribution in [0.3, 0.4) is 0 Å². The Kier molecular flexibility index (Phi) is 5.29. The Balaban J connectivity index is 2.15. The molecule has 0 bridgehead atoms. The average molecular weight is 207 g/mol. The Hall–Kier alpha value is -0.930. The zero-order valence-corrected chi connectivity index (χ0v) is 9.88. The number of nitrogens with one attached hydrogen (secondary N) is 2. The normalized spacial score (nSPS) is 10.9. The van der Waals surface area contributed by atoms with E-state index in [-0.39, 0.29) is 0 Å². The molecule has 3 nitrogen and oxygen atoms in total. The van der Waals surface area contributed by atoms with Crippen molar-refractivity contribution in [3.63, 3.8) is 0 Å². The van der Waals surface area contributed by atoms with Crippen LogP contribution in [-0.4, -0.2) is 24.1 Å². The van der Waals surface area contributed by atoms with Gasteiger partial charge in [0.25, 0.3) is 0 Å². The third kappa shape index (κ3) is 5.50. The van der Waals surface area contributed by atoms with Crippen LogP contribution in [0.1, 0.15) is 25.2 Å². The van der Waals surface area contributed by atoms with Crippen LogP contribution in [0.25, 0.3) is 0 Å². The number of hydrogen-bond donors (Lipinski definition) is 2. The zero-order chi connectivity index (χ0) is 11.1. The lowest BCUT2D eigenvalue weighted by Crippen LogP contribution is -2.31. The van der Waals surface area contributed by atoms with Crippen molar-refractivity contribution in [3.8, 4) is 0 Å². The van der Waals surface area contributed by atoms with Gasteiger partial charge in [0.05, 0.1) is 5.69 Å². The van der Waals surface area contributed by atoms with Crippen molar-refractivity contribution in [2.24, 2.45) is 0 Å². The van der Waals surface area contributed by atoms with Gasteiger partial charge in [-0.15, -0.1) is 0 Å². The second-order valence-electron chi connectivity index (χ2n) is 4.06. The molecule has 0 aliphatic carbocycles. The minimum absolute atomic E-state index is 0.559. The summed E-state index contributed by atoms with van der Waals surface area (Å²) >= 11 is 0. The number of aromatic nitrogens is 1. The molecule has 1 heterocycles.